The van der Waals surface area contributed by atoms with E-state index in [1.54, 1.807) is 0 Å². The fourth-order valence-corrected chi connectivity index (χ4v) is 1.30. The normalized spacial score (nSPS) is 29.1. The predicted octanol–water partition coefficient (Wildman–Crippen LogP) is 2.03. The van der Waals surface area contributed by atoms with Gasteiger partial charge in [0.2, 0.25) is 0 Å². The summed E-state index contributed by atoms with van der Waals surface area (Å²) in [6.45, 7) is 10.3. The maximum Gasteiger partial charge on any atom is 0.00104 e. The molecule has 1 rings (SSSR count). The van der Waals surface area contributed by atoms with Gasteiger partial charge in [-0.15, -0.1) is 0 Å². The summed E-state index contributed by atoms with van der Waals surface area (Å²) in [7, 11) is 0. The monoisotopic (exact) mass is 141 g/mol. The maximum absolute atomic E-state index is 3.46. The van der Waals surface area contributed by atoms with E-state index in [1.165, 1.54) is 13.0 Å². The van der Waals surface area contributed by atoms with E-state index in [9.17, 15) is 0 Å². The standard InChI is InChI=1S/C9H19N/c1-7(2)10-6-8-5-9(8,3)4/h7-8,10H,5-6H2,1-4H3. The van der Waals surface area contributed by atoms with Crippen molar-refractivity contribution in [3.05, 3.63) is 0 Å². The zero-order chi connectivity index (χ0) is 7.78. The molecule has 0 heterocycles. The first-order chi connectivity index (χ1) is 4.52. The largest absolute Gasteiger partial charge is 0.314 e. The quantitative estimate of drug-likeness (QED) is 0.634. The molecule has 0 bridgehead atoms. The molecule has 0 spiro atoms. The summed E-state index contributed by atoms with van der Waals surface area (Å²) < 4.78 is 0. The van der Waals surface area contributed by atoms with Crippen LogP contribution in [0.2, 0.25) is 0 Å². The molecule has 0 radical (unpaired) electrons. The molecule has 1 aliphatic carbocycles. The Bertz CT molecular complexity index is 116. The molecule has 1 N–H and O–H groups in total. The van der Waals surface area contributed by atoms with Crippen molar-refractivity contribution in [1.29, 1.82) is 0 Å². The van der Waals surface area contributed by atoms with E-state index in [2.05, 4.69) is 33.0 Å². The van der Waals surface area contributed by atoms with Crippen LogP contribution in [-0.4, -0.2) is 12.6 Å². The third-order valence-corrected chi connectivity index (χ3v) is 2.49. The highest BCUT2D eigenvalue weighted by Crippen LogP contribution is 2.50. The molecule has 0 aromatic heterocycles. The molecule has 0 aromatic carbocycles. The first-order valence-electron chi connectivity index (χ1n) is 4.26. The Balaban J connectivity index is 2.07. The van der Waals surface area contributed by atoms with Crippen molar-refractivity contribution < 1.29 is 0 Å². The van der Waals surface area contributed by atoms with E-state index in [0.717, 1.165) is 5.92 Å². The molecule has 1 unspecified atom stereocenters. The van der Waals surface area contributed by atoms with Gasteiger partial charge < -0.3 is 5.32 Å². The van der Waals surface area contributed by atoms with E-state index in [-0.39, 0.29) is 0 Å². The Kier molecular flexibility index (Phi) is 2.04. The van der Waals surface area contributed by atoms with Gasteiger partial charge in [-0.3, -0.25) is 0 Å². The van der Waals surface area contributed by atoms with E-state index in [4.69, 9.17) is 0 Å². The molecule has 0 aromatic rings. The molecular formula is C9H19N. The lowest BCUT2D eigenvalue weighted by Gasteiger charge is -2.08. The summed E-state index contributed by atoms with van der Waals surface area (Å²) in [4.78, 5) is 0. The van der Waals surface area contributed by atoms with E-state index >= 15 is 0 Å². The third-order valence-electron chi connectivity index (χ3n) is 2.49. The zero-order valence-electron chi connectivity index (χ0n) is 7.57. The van der Waals surface area contributed by atoms with Crippen molar-refractivity contribution >= 4 is 0 Å². The van der Waals surface area contributed by atoms with Crippen molar-refractivity contribution in [3.63, 3.8) is 0 Å². The smallest absolute Gasteiger partial charge is 0.00104 e. The average molecular weight is 141 g/mol. The van der Waals surface area contributed by atoms with Gasteiger partial charge in [0, 0.05) is 6.04 Å². The second kappa shape index (κ2) is 2.54. The Hall–Kier alpha value is -0.0400. The summed E-state index contributed by atoms with van der Waals surface area (Å²) in [6, 6.07) is 0.649. The first kappa shape index (κ1) is 8.06. The molecule has 0 saturated heterocycles. The molecule has 1 aliphatic rings. The summed E-state index contributed by atoms with van der Waals surface area (Å²) in [5.41, 5.74) is 0.641. The van der Waals surface area contributed by atoms with Crippen LogP contribution in [-0.2, 0) is 0 Å². The van der Waals surface area contributed by atoms with Crippen LogP contribution in [0.25, 0.3) is 0 Å². The van der Waals surface area contributed by atoms with Crippen molar-refractivity contribution in [3.8, 4) is 0 Å². The molecule has 0 amide bonds. The highest BCUT2D eigenvalue weighted by Gasteiger charge is 2.44. The number of rotatable bonds is 3. The minimum Gasteiger partial charge on any atom is -0.314 e. The van der Waals surface area contributed by atoms with Crippen LogP contribution < -0.4 is 5.32 Å². The van der Waals surface area contributed by atoms with Crippen LogP contribution in [0.3, 0.4) is 0 Å². The van der Waals surface area contributed by atoms with Gasteiger partial charge in [0.05, 0.1) is 0 Å². The van der Waals surface area contributed by atoms with Crippen LogP contribution in [0.1, 0.15) is 34.1 Å². The molecule has 60 valence electrons. The van der Waals surface area contributed by atoms with Gasteiger partial charge in [0.15, 0.2) is 0 Å². The lowest BCUT2D eigenvalue weighted by atomic mass is 10.1. The maximum atomic E-state index is 3.46. The molecule has 1 heteroatoms. The Morgan fingerprint density at radius 2 is 2.00 bits per heavy atom. The van der Waals surface area contributed by atoms with E-state index < -0.39 is 0 Å². The zero-order valence-corrected chi connectivity index (χ0v) is 7.57. The van der Waals surface area contributed by atoms with Crippen molar-refractivity contribution in [2.45, 2.75) is 40.2 Å². The SMILES string of the molecule is CC(C)NCC1CC1(C)C. The summed E-state index contributed by atoms with van der Waals surface area (Å²) >= 11 is 0. The van der Waals surface area contributed by atoms with E-state index in [1.807, 2.05) is 0 Å². The van der Waals surface area contributed by atoms with Crippen molar-refractivity contribution in [2.75, 3.05) is 6.54 Å². The fourth-order valence-electron chi connectivity index (χ4n) is 1.30. The Morgan fingerprint density at radius 3 is 2.30 bits per heavy atom. The molecular weight excluding hydrogens is 122 g/mol. The Labute approximate surface area is 64.2 Å². The van der Waals surface area contributed by atoms with Gasteiger partial charge >= 0.3 is 0 Å². The van der Waals surface area contributed by atoms with Crippen LogP contribution in [0, 0.1) is 11.3 Å². The Morgan fingerprint density at radius 1 is 1.50 bits per heavy atom. The van der Waals surface area contributed by atoms with Gasteiger partial charge in [-0.1, -0.05) is 27.7 Å². The molecule has 1 nitrogen and oxygen atoms in total. The fraction of sp³-hybridized carbons (Fsp3) is 1.00. The van der Waals surface area contributed by atoms with Crippen molar-refractivity contribution in [2.24, 2.45) is 11.3 Å². The second-order valence-electron chi connectivity index (χ2n) is 4.45. The second-order valence-corrected chi connectivity index (χ2v) is 4.45. The van der Waals surface area contributed by atoms with E-state index in [0.29, 0.717) is 11.5 Å². The highest BCUT2D eigenvalue weighted by atomic mass is 14.9. The van der Waals surface area contributed by atoms with Crippen LogP contribution in [0.15, 0.2) is 0 Å². The summed E-state index contributed by atoms with van der Waals surface area (Å²) in [5, 5.41) is 3.46. The van der Waals surface area contributed by atoms with Crippen molar-refractivity contribution in [1.82, 2.24) is 5.32 Å². The summed E-state index contributed by atoms with van der Waals surface area (Å²) in [5.74, 6) is 0.940. The number of hydrogen-bond donors (Lipinski definition) is 1. The lowest BCUT2D eigenvalue weighted by Crippen LogP contribution is -2.25. The molecule has 1 fully saturated rings. The highest BCUT2D eigenvalue weighted by molar-refractivity contribution is 4.96. The molecule has 1 saturated carbocycles. The third kappa shape index (κ3) is 1.98. The molecule has 1 atom stereocenters. The van der Waals surface area contributed by atoms with Gasteiger partial charge in [-0.25, -0.2) is 0 Å². The van der Waals surface area contributed by atoms with Gasteiger partial charge in [0.1, 0.15) is 0 Å². The lowest BCUT2D eigenvalue weighted by molar-refractivity contribution is 0.491. The van der Waals surface area contributed by atoms with Crippen LogP contribution in [0.5, 0.6) is 0 Å². The predicted molar refractivity (Wildman–Crippen MR) is 45.0 cm³/mol. The van der Waals surface area contributed by atoms with Gasteiger partial charge in [0.25, 0.3) is 0 Å². The average Bonchev–Trinajstić information content (AvgIpc) is 2.35. The number of nitrogens with one attached hydrogen (secondary N) is 1. The first-order valence-corrected chi connectivity index (χ1v) is 4.26. The molecule has 0 aliphatic heterocycles. The van der Waals surface area contributed by atoms with Gasteiger partial charge in [-0.05, 0) is 24.3 Å². The molecule has 10 heavy (non-hydrogen) atoms. The minimum atomic E-state index is 0.641. The van der Waals surface area contributed by atoms with Crippen LogP contribution in [0.4, 0.5) is 0 Å². The number of hydrogen-bond acceptors (Lipinski definition) is 1. The summed E-state index contributed by atoms with van der Waals surface area (Å²) in [6.07, 6.45) is 1.41. The van der Waals surface area contributed by atoms with Crippen LogP contribution >= 0.6 is 0 Å². The minimum absolute atomic E-state index is 0.641. The van der Waals surface area contributed by atoms with Gasteiger partial charge in [-0.2, -0.15) is 0 Å². The topological polar surface area (TPSA) is 12.0 Å².